The van der Waals surface area contributed by atoms with Crippen LogP contribution in [-0.4, -0.2) is 46.3 Å². The van der Waals surface area contributed by atoms with Crippen molar-refractivity contribution >= 4 is 5.91 Å². The van der Waals surface area contributed by atoms with Gasteiger partial charge in [-0.05, 0) is 31.2 Å². The quantitative estimate of drug-likeness (QED) is 0.914. The summed E-state index contributed by atoms with van der Waals surface area (Å²) in [6.45, 7) is 3.82. The first-order chi connectivity index (χ1) is 11.4. The molecule has 1 atom stereocenters. The molecule has 0 spiro atoms. The van der Waals surface area contributed by atoms with E-state index in [1.165, 1.54) is 12.1 Å². The summed E-state index contributed by atoms with van der Waals surface area (Å²) in [7, 11) is 0. The second-order valence-electron chi connectivity index (χ2n) is 5.78. The second-order valence-corrected chi connectivity index (χ2v) is 5.78. The van der Waals surface area contributed by atoms with Gasteiger partial charge in [0.15, 0.2) is 0 Å². The standard InChI is InChI=1S/C16H17F3N4O/c1-11-10-22(8-7-20-11)15(24)12-3-2-4-13(9-12)23-14(5-6-21-23)16(17,18)19/h2-6,9,11,20H,7-8,10H2,1H3/t11-/m1/s1. The summed E-state index contributed by atoms with van der Waals surface area (Å²) in [5, 5.41) is 6.98. The van der Waals surface area contributed by atoms with E-state index in [2.05, 4.69) is 10.4 Å². The molecule has 2 heterocycles. The van der Waals surface area contributed by atoms with Crippen LogP contribution in [-0.2, 0) is 6.18 Å². The molecule has 0 bridgehead atoms. The van der Waals surface area contributed by atoms with Crippen LogP contribution in [0.25, 0.3) is 5.69 Å². The van der Waals surface area contributed by atoms with Crippen LogP contribution in [0.2, 0.25) is 0 Å². The van der Waals surface area contributed by atoms with E-state index >= 15 is 0 Å². The molecule has 1 aliphatic rings. The van der Waals surface area contributed by atoms with Crippen LogP contribution in [0.1, 0.15) is 23.0 Å². The number of piperazine rings is 1. The first-order valence-corrected chi connectivity index (χ1v) is 7.60. The molecule has 128 valence electrons. The number of hydrogen-bond donors (Lipinski definition) is 1. The maximum atomic E-state index is 13.0. The van der Waals surface area contributed by atoms with Crippen LogP contribution >= 0.6 is 0 Å². The van der Waals surface area contributed by atoms with E-state index in [1.54, 1.807) is 17.0 Å². The average molecular weight is 338 g/mol. The minimum atomic E-state index is -4.51. The van der Waals surface area contributed by atoms with Gasteiger partial charge < -0.3 is 10.2 Å². The SMILES string of the molecule is C[C@@H]1CN(C(=O)c2cccc(-n3nccc3C(F)(F)F)c2)CCN1. The monoisotopic (exact) mass is 338 g/mol. The van der Waals surface area contributed by atoms with Gasteiger partial charge in [0.05, 0.1) is 11.9 Å². The van der Waals surface area contributed by atoms with Crippen molar-refractivity contribution in [3.8, 4) is 5.69 Å². The van der Waals surface area contributed by atoms with Gasteiger partial charge in [0.25, 0.3) is 5.91 Å². The third kappa shape index (κ3) is 3.28. The van der Waals surface area contributed by atoms with Crippen LogP contribution in [0, 0.1) is 0 Å². The number of nitrogens with zero attached hydrogens (tertiary/aromatic N) is 3. The first kappa shape index (κ1) is 16.5. The average Bonchev–Trinajstić information content (AvgIpc) is 3.04. The Balaban J connectivity index is 1.90. The van der Waals surface area contributed by atoms with E-state index in [4.69, 9.17) is 0 Å². The summed E-state index contributed by atoms with van der Waals surface area (Å²) in [5.41, 5.74) is -0.311. The fraction of sp³-hybridized carbons (Fsp3) is 0.375. The zero-order valence-electron chi connectivity index (χ0n) is 13.0. The Hall–Kier alpha value is -2.35. The number of rotatable bonds is 2. The number of amides is 1. The lowest BCUT2D eigenvalue weighted by Crippen LogP contribution is -2.51. The molecule has 2 aromatic rings. The number of benzene rings is 1. The Morgan fingerprint density at radius 3 is 2.83 bits per heavy atom. The summed E-state index contributed by atoms with van der Waals surface area (Å²) in [6.07, 6.45) is -3.42. The van der Waals surface area contributed by atoms with Crippen LogP contribution < -0.4 is 5.32 Å². The lowest BCUT2D eigenvalue weighted by atomic mass is 10.1. The first-order valence-electron chi connectivity index (χ1n) is 7.60. The van der Waals surface area contributed by atoms with E-state index in [0.29, 0.717) is 25.2 Å². The van der Waals surface area contributed by atoms with Crippen molar-refractivity contribution < 1.29 is 18.0 Å². The molecule has 1 aromatic heterocycles. The van der Waals surface area contributed by atoms with Gasteiger partial charge in [0, 0.05) is 31.2 Å². The summed E-state index contributed by atoms with van der Waals surface area (Å²) in [6, 6.07) is 7.21. The Morgan fingerprint density at radius 2 is 2.12 bits per heavy atom. The highest BCUT2D eigenvalue weighted by Crippen LogP contribution is 2.30. The van der Waals surface area contributed by atoms with Gasteiger partial charge in [-0.15, -0.1) is 0 Å². The van der Waals surface area contributed by atoms with Crippen molar-refractivity contribution in [2.24, 2.45) is 0 Å². The van der Waals surface area contributed by atoms with Gasteiger partial charge in [0.2, 0.25) is 0 Å². The van der Waals surface area contributed by atoms with Crippen molar-refractivity contribution in [3.05, 3.63) is 47.8 Å². The Morgan fingerprint density at radius 1 is 1.33 bits per heavy atom. The van der Waals surface area contributed by atoms with E-state index in [0.717, 1.165) is 16.9 Å². The van der Waals surface area contributed by atoms with Crippen LogP contribution in [0.4, 0.5) is 13.2 Å². The zero-order chi connectivity index (χ0) is 17.3. The van der Waals surface area contributed by atoms with Crippen molar-refractivity contribution in [1.29, 1.82) is 0 Å². The van der Waals surface area contributed by atoms with Crippen LogP contribution in [0.15, 0.2) is 36.5 Å². The van der Waals surface area contributed by atoms with Gasteiger partial charge in [-0.1, -0.05) is 6.07 Å². The summed E-state index contributed by atoms with van der Waals surface area (Å²) >= 11 is 0. The number of nitrogens with one attached hydrogen (secondary N) is 1. The third-order valence-corrected chi connectivity index (χ3v) is 3.93. The molecule has 0 unspecified atom stereocenters. The maximum Gasteiger partial charge on any atom is 0.433 e. The largest absolute Gasteiger partial charge is 0.433 e. The molecule has 1 N–H and O–H groups in total. The molecular weight excluding hydrogens is 321 g/mol. The van der Waals surface area contributed by atoms with Gasteiger partial charge in [0.1, 0.15) is 5.69 Å². The Kier molecular flexibility index (Phi) is 4.31. The second kappa shape index (κ2) is 6.27. The van der Waals surface area contributed by atoms with Crippen molar-refractivity contribution in [2.75, 3.05) is 19.6 Å². The molecule has 0 radical (unpaired) electrons. The normalized spacial score (nSPS) is 18.7. The molecule has 5 nitrogen and oxygen atoms in total. The number of halogens is 3. The molecule has 1 fully saturated rings. The smallest absolute Gasteiger partial charge is 0.336 e. The molecule has 0 saturated carbocycles. The molecule has 1 saturated heterocycles. The number of carbonyl (C=O) groups is 1. The fourth-order valence-electron chi connectivity index (χ4n) is 2.79. The van der Waals surface area contributed by atoms with Gasteiger partial charge in [-0.2, -0.15) is 18.3 Å². The molecule has 1 aromatic carbocycles. The van der Waals surface area contributed by atoms with Crippen molar-refractivity contribution in [2.45, 2.75) is 19.1 Å². The number of hydrogen-bond acceptors (Lipinski definition) is 3. The topological polar surface area (TPSA) is 50.2 Å². The van der Waals surface area contributed by atoms with E-state index in [1.807, 2.05) is 6.92 Å². The van der Waals surface area contributed by atoms with E-state index < -0.39 is 11.9 Å². The highest BCUT2D eigenvalue weighted by atomic mass is 19.4. The minimum absolute atomic E-state index is 0.189. The molecule has 3 rings (SSSR count). The fourth-order valence-corrected chi connectivity index (χ4v) is 2.79. The highest BCUT2D eigenvalue weighted by Gasteiger charge is 2.35. The lowest BCUT2D eigenvalue weighted by Gasteiger charge is -2.32. The molecule has 24 heavy (non-hydrogen) atoms. The number of alkyl halides is 3. The molecule has 1 aliphatic heterocycles. The van der Waals surface area contributed by atoms with E-state index in [-0.39, 0.29) is 17.6 Å². The van der Waals surface area contributed by atoms with Crippen molar-refractivity contribution in [1.82, 2.24) is 20.0 Å². The summed E-state index contributed by atoms with van der Waals surface area (Å²) < 4.78 is 39.9. The number of carbonyl (C=O) groups excluding carboxylic acids is 1. The molecular formula is C16H17F3N4O. The predicted molar refractivity (Wildman–Crippen MR) is 81.9 cm³/mol. The molecule has 0 aliphatic carbocycles. The van der Waals surface area contributed by atoms with Gasteiger partial charge in [-0.3, -0.25) is 4.79 Å². The van der Waals surface area contributed by atoms with Crippen LogP contribution in [0.3, 0.4) is 0 Å². The summed E-state index contributed by atoms with van der Waals surface area (Å²) in [5.74, 6) is -0.189. The van der Waals surface area contributed by atoms with Gasteiger partial charge >= 0.3 is 6.18 Å². The highest BCUT2D eigenvalue weighted by molar-refractivity contribution is 5.94. The molecule has 8 heteroatoms. The lowest BCUT2D eigenvalue weighted by molar-refractivity contribution is -0.142. The van der Waals surface area contributed by atoms with E-state index in [9.17, 15) is 18.0 Å². The summed E-state index contributed by atoms with van der Waals surface area (Å²) in [4.78, 5) is 14.3. The van der Waals surface area contributed by atoms with Crippen molar-refractivity contribution in [3.63, 3.8) is 0 Å². The molecule has 1 amide bonds. The van der Waals surface area contributed by atoms with Gasteiger partial charge in [-0.25, -0.2) is 4.68 Å². The van der Waals surface area contributed by atoms with Crippen LogP contribution in [0.5, 0.6) is 0 Å². The predicted octanol–water partition coefficient (Wildman–Crippen LogP) is 2.33. The Labute approximate surface area is 137 Å². The zero-order valence-corrected chi connectivity index (χ0v) is 13.0. The Bertz CT molecular complexity index is 741. The third-order valence-electron chi connectivity index (χ3n) is 3.93. The maximum absolute atomic E-state index is 13.0. The minimum Gasteiger partial charge on any atom is -0.336 e. The number of aromatic nitrogens is 2.